The number of aromatic nitrogens is 2. The fraction of sp³-hybridized carbons (Fsp3) is 0.412. The highest BCUT2D eigenvalue weighted by molar-refractivity contribution is 5.68. The van der Waals surface area contributed by atoms with Crippen LogP contribution in [0.25, 0.3) is 0 Å². The molecule has 3 rings (SSSR count). The zero-order valence-corrected chi connectivity index (χ0v) is 14.4. The van der Waals surface area contributed by atoms with E-state index in [4.69, 9.17) is 4.74 Å². The third-order valence-corrected chi connectivity index (χ3v) is 4.22. The number of hydrogen-bond acceptors (Lipinski definition) is 7. The molecule has 1 aromatic carbocycles. The van der Waals surface area contributed by atoms with Crippen molar-refractivity contribution in [1.82, 2.24) is 14.9 Å². The number of ether oxygens (including phenoxy) is 1. The Hall–Kier alpha value is -2.54. The third kappa shape index (κ3) is 3.68. The van der Waals surface area contributed by atoms with Crippen LogP contribution in [0.1, 0.15) is 0 Å². The minimum Gasteiger partial charge on any atom is -0.495 e. The van der Waals surface area contributed by atoms with Crippen LogP contribution < -0.4 is 20.3 Å². The van der Waals surface area contributed by atoms with E-state index >= 15 is 0 Å². The molecular formula is C17H24N6O. The lowest BCUT2D eigenvalue weighted by atomic mass is 10.2. The van der Waals surface area contributed by atoms with Gasteiger partial charge >= 0.3 is 0 Å². The Bertz CT molecular complexity index is 685. The average molecular weight is 328 g/mol. The summed E-state index contributed by atoms with van der Waals surface area (Å²) in [7, 11) is 5.70. The molecule has 2 N–H and O–H groups in total. The maximum Gasteiger partial charge on any atom is 0.144 e. The van der Waals surface area contributed by atoms with Crippen LogP contribution in [0.5, 0.6) is 5.75 Å². The molecule has 7 heteroatoms. The van der Waals surface area contributed by atoms with Crippen molar-refractivity contribution in [2.45, 2.75) is 0 Å². The Balaban J connectivity index is 1.78. The number of nitrogens with one attached hydrogen (secondary N) is 2. The lowest BCUT2D eigenvalue weighted by molar-refractivity contribution is 0.311. The van der Waals surface area contributed by atoms with Gasteiger partial charge in [0.2, 0.25) is 0 Å². The zero-order valence-electron chi connectivity index (χ0n) is 14.4. The highest BCUT2D eigenvalue weighted by atomic mass is 16.5. The van der Waals surface area contributed by atoms with E-state index in [1.165, 1.54) is 6.33 Å². The molecule has 1 aliphatic heterocycles. The Morgan fingerprint density at radius 1 is 1.04 bits per heavy atom. The minimum atomic E-state index is 0.740. The maximum absolute atomic E-state index is 5.61. The van der Waals surface area contributed by atoms with Gasteiger partial charge in [-0.25, -0.2) is 9.97 Å². The lowest BCUT2D eigenvalue weighted by Gasteiger charge is -2.34. The molecule has 1 saturated heterocycles. The van der Waals surface area contributed by atoms with Crippen molar-refractivity contribution in [3.8, 4) is 5.75 Å². The smallest absolute Gasteiger partial charge is 0.144 e. The van der Waals surface area contributed by atoms with E-state index in [0.29, 0.717) is 0 Å². The van der Waals surface area contributed by atoms with Gasteiger partial charge in [0, 0.05) is 51.0 Å². The number of piperazine rings is 1. The van der Waals surface area contributed by atoms with E-state index < -0.39 is 0 Å². The second kappa shape index (κ2) is 7.35. The standard InChI is InChI=1S/C17H24N6O/c1-18-16-11-17(20-12-19-16)21-13-4-5-14(15(10-13)24-3)23-8-6-22(2)7-9-23/h4-5,10-12H,6-9H2,1-3H3,(H2,18,19,20,21). The molecular weight excluding hydrogens is 304 g/mol. The summed E-state index contributed by atoms with van der Waals surface area (Å²) in [6.07, 6.45) is 1.53. The first-order chi connectivity index (χ1) is 11.7. The highest BCUT2D eigenvalue weighted by Gasteiger charge is 2.17. The van der Waals surface area contributed by atoms with Crippen molar-refractivity contribution in [1.29, 1.82) is 0 Å². The van der Waals surface area contributed by atoms with E-state index in [1.54, 1.807) is 7.11 Å². The maximum atomic E-state index is 5.61. The monoisotopic (exact) mass is 328 g/mol. The van der Waals surface area contributed by atoms with Gasteiger partial charge in [-0.05, 0) is 19.2 Å². The molecule has 1 fully saturated rings. The molecule has 1 aromatic heterocycles. The molecule has 0 amide bonds. The van der Waals surface area contributed by atoms with Gasteiger partial charge in [-0.1, -0.05) is 0 Å². The van der Waals surface area contributed by atoms with Crippen molar-refractivity contribution in [2.75, 3.05) is 62.9 Å². The van der Waals surface area contributed by atoms with Gasteiger partial charge in [-0.3, -0.25) is 0 Å². The quantitative estimate of drug-likeness (QED) is 0.870. The molecule has 0 unspecified atom stereocenters. The van der Waals surface area contributed by atoms with E-state index in [1.807, 2.05) is 19.2 Å². The number of rotatable bonds is 5. The van der Waals surface area contributed by atoms with Gasteiger partial charge in [-0.15, -0.1) is 0 Å². The van der Waals surface area contributed by atoms with Crippen molar-refractivity contribution in [2.24, 2.45) is 0 Å². The largest absolute Gasteiger partial charge is 0.495 e. The molecule has 2 aromatic rings. The van der Waals surface area contributed by atoms with Gasteiger partial charge in [-0.2, -0.15) is 0 Å². The first-order valence-electron chi connectivity index (χ1n) is 8.08. The molecule has 0 atom stereocenters. The van der Waals surface area contributed by atoms with Crippen molar-refractivity contribution >= 4 is 23.0 Å². The zero-order chi connectivity index (χ0) is 16.9. The van der Waals surface area contributed by atoms with E-state index in [-0.39, 0.29) is 0 Å². The van der Waals surface area contributed by atoms with E-state index in [2.05, 4.69) is 49.6 Å². The summed E-state index contributed by atoms with van der Waals surface area (Å²) in [4.78, 5) is 13.1. The van der Waals surface area contributed by atoms with Gasteiger partial charge in [0.25, 0.3) is 0 Å². The van der Waals surface area contributed by atoms with Gasteiger partial charge in [0.15, 0.2) is 0 Å². The topological polar surface area (TPSA) is 65.5 Å². The first kappa shape index (κ1) is 16.3. The third-order valence-electron chi connectivity index (χ3n) is 4.22. The predicted octanol–water partition coefficient (Wildman–Crippen LogP) is 2.02. The van der Waals surface area contributed by atoms with Crippen LogP contribution >= 0.6 is 0 Å². The van der Waals surface area contributed by atoms with Crippen LogP contribution in [-0.2, 0) is 0 Å². The minimum absolute atomic E-state index is 0.740. The summed E-state index contributed by atoms with van der Waals surface area (Å²) in [5, 5.41) is 6.30. The van der Waals surface area contributed by atoms with Crippen molar-refractivity contribution < 1.29 is 4.74 Å². The summed E-state index contributed by atoms with van der Waals surface area (Å²) in [5.41, 5.74) is 2.07. The fourth-order valence-electron chi connectivity index (χ4n) is 2.77. The molecule has 0 spiro atoms. The number of likely N-dealkylation sites (N-methyl/N-ethyl adjacent to an activating group) is 1. The molecule has 24 heavy (non-hydrogen) atoms. The van der Waals surface area contributed by atoms with Crippen LogP contribution in [0.2, 0.25) is 0 Å². The normalized spacial score (nSPS) is 15.2. The molecule has 1 aliphatic rings. The molecule has 0 saturated carbocycles. The molecule has 0 radical (unpaired) electrons. The van der Waals surface area contributed by atoms with Crippen LogP contribution in [0.15, 0.2) is 30.6 Å². The molecule has 128 valence electrons. The summed E-state index contributed by atoms with van der Waals surface area (Å²) in [5.74, 6) is 2.38. The number of methoxy groups -OCH3 is 1. The highest BCUT2D eigenvalue weighted by Crippen LogP contribution is 2.32. The molecule has 0 aliphatic carbocycles. The SMILES string of the molecule is CNc1cc(Nc2ccc(N3CCN(C)CC3)c(OC)c2)ncn1. The summed E-state index contributed by atoms with van der Waals surface area (Å²) >= 11 is 0. The van der Waals surface area contributed by atoms with Crippen LogP contribution in [0, 0.1) is 0 Å². The Morgan fingerprint density at radius 2 is 1.79 bits per heavy atom. The summed E-state index contributed by atoms with van der Waals surface area (Å²) < 4.78 is 5.61. The van der Waals surface area contributed by atoms with E-state index in [0.717, 1.165) is 54.9 Å². The van der Waals surface area contributed by atoms with Crippen molar-refractivity contribution in [3.05, 3.63) is 30.6 Å². The van der Waals surface area contributed by atoms with Crippen LogP contribution in [-0.4, -0.2) is 62.3 Å². The molecule has 7 nitrogen and oxygen atoms in total. The van der Waals surface area contributed by atoms with Gasteiger partial charge < -0.3 is 25.2 Å². The fourth-order valence-corrected chi connectivity index (χ4v) is 2.77. The van der Waals surface area contributed by atoms with Crippen LogP contribution in [0.3, 0.4) is 0 Å². The number of nitrogens with zero attached hydrogens (tertiary/aromatic N) is 4. The van der Waals surface area contributed by atoms with Gasteiger partial charge in [0.1, 0.15) is 23.7 Å². The number of hydrogen-bond donors (Lipinski definition) is 2. The number of benzene rings is 1. The first-order valence-corrected chi connectivity index (χ1v) is 8.08. The average Bonchev–Trinajstić information content (AvgIpc) is 2.62. The summed E-state index contributed by atoms with van der Waals surface area (Å²) in [6.45, 7) is 4.15. The number of anilines is 4. The second-order valence-corrected chi connectivity index (χ2v) is 5.84. The summed E-state index contributed by atoms with van der Waals surface area (Å²) in [6, 6.07) is 8.03. The Kier molecular flexibility index (Phi) is 5.00. The molecule has 0 bridgehead atoms. The Labute approximate surface area is 142 Å². The lowest BCUT2D eigenvalue weighted by Crippen LogP contribution is -2.44. The van der Waals surface area contributed by atoms with Crippen molar-refractivity contribution in [3.63, 3.8) is 0 Å². The second-order valence-electron chi connectivity index (χ2n) is 5.84. The van der Waals surface area contributed by atoms with E-state index in [9.17, 15) is 0 Å². The molecule has 2 heterocycles. The Morgan fingerprint density at radius 3 is 2.50 bits per heavy atom. The predicted molar refractivity (Wildman–Crippen MR) is 97.6 cm³/mol. The van der Waals surface area contributed by atoms with Crippen LogP contribution in [0.4, 0.5) is 23.0 Å². The van der Waals surface area contributed by atoms with Gasteiger partial charge in [0.05, 0.1) is 12.8 Å².